The number of nitrogens with zero attached hydrogens (tertiary/aromatic N) is 4. The van der Waals surface area contributed by atoms with Gasteiger partial charge in [0.1, 0.15) is 11.5 Å². The Labute approximate surface area is 139 Å². The van der Waals surface area contributed by atoms with Gasteiger partial charge in [0.15, 0.2) is 0 Å². The van der Waals surface area contributed by atoms with Crippen molar-refractivity contribution in [1.29, 1.82) is 0 Å². The average Bonchev–Trinajstić information content (AvgIpc) is 3.07. The molecule has 1 aliphatic heterocycles. The maximum Gasteiger partial charge on any atom is 0.273 e. The van der Waals surface area contributed by atoms with Crippen LogP contribution in [-0.2, 0) is 17.8 Å². The number of hydrogen-bond donors (Lipinski definition) is 0. The van der Waals surface area contributed by atoms with Gasteiger partial charge in [-0.15, -0.1) is 11.3 Å². The Hall–Kier alpha value is -1.73. The zero-order valence-corrected chi connectivity index (χ0v) is 13.7. The van der Waals surface area contributed by atoms with Gasteiger partial charge in [-0.05, 0) is 18.8 Å². The van der Waals surface area contributed by atoms with Crippen molar-refractivity contribution in [2.24, 2.45) is 11.8 Å². The van der Waals surface area contributed by atoms with Gasteiger partial charge < -0.3 is 14.2 Å². The van der Waals surface area contributed by atoms with Crippen LogP contribution in [0.2, 0.25) is 0 Å². The number of carbonyl (C=O) groups is 1. The minimum absolute atomic E-state index is 0.0186. The molecule has 1 fully saturated rings. The van der Waals surface area contributed by atoms with E-state index in [9.17, 15) is 4.79 Å². The van der Waals surface area contributed by atoms with Gasteiger partial charge in [-0.1, -0.05) is 0 Å². The molecule has 0 aromatic carbocycles. The molecule has 7 heteroatoms. The number of imidazole rings is 1. The lowest BCUT2D eigenvalue weighted by atomic mass is 10.1. The van der Waals surface area contributed by atoms with Crippen molar-refractivity contribution in [2.75, 3.05) is 19.8 Å². The van der Waals surface area contributed by atoms with Gasteiger partial charge in [0.05, 0.1) is 18.7 Å². The quantitative estimate of drug-likeness (QED) is 0.841. The van der Waals surface area contributed by atoms with E-state index in [2.05, 4.69) is 14.5 Å². The Morgan fingerprint density at radius 3 is 2.91 bits per heavy atom. The summed E-state index contributed by atoms with van der Waals surface area (Å²) in [4.78, 5) is 23.1. The second-order valence-corrected chi connectivity index (χ2v) is 7.12. The summed E-state index contributed by atoms with van der Waals surface area (Å²) in [6, 6.07) is 0. The zero-order valence-electron chi connectivity index (χ0n) is 12.9. The first-order valence-corrected chi connectivity index (χ1v) is 8.99. The molecule has 1 saturated carbocycles. The van der Waals surface area contributed by atoms with Gasteiger partial charge in [-0.2, -0.15) is 0 Å². The van der Waals surface area contributed by atoms with Gasteiger partial charge >= 0.3 is 0 Å². The van der Waals surface area contributed by atoms with Crippen molar-refractivity contribution < 1.29 is 9.53 Å². The predicted octanol–water partition coefficient (Wildman–Crippen LogP) is 2.04. The van der Waals surface area contributed by atoms with E-state index in [0.717, 1.165) is 24.9 Å². The fraction of sp³-hybridized carbons (Fsp3) is 0.562. The molecule has 1 aliphatic carbocycles. The second kappa shape index (κ2) is 6.41. The number of thiazole rings is 1. The molecule has 0 saturated heterocycles. The molecule has 2 aromatic rings. The zero-order chi connectivity index (χ0) is 15.6. The summed E-state index contributed by atoms with van der Waals surface area (Å²) in [7, 11) is 0. The molecule has 0 radical (unpaired) electrons. The summed E-state index contributed by atoms with van der Waals surface area (Å²) >= 11 is 1.45. The molecule has 23 heavy (non-hydrogen) atoms. The van der Waals surface area contributed by atoms with E-state index in [1.165, 1.54) is 24.2 Å². The lowest BCUT2D eigenvalue weighted by Crippen LogP contribution is -2.35. The van der Waals surface area contributed by atoms with Crippen LogP contribution < -0.4 is 0 Å². The van der Waals surface area contributed by atoms with Crippen LogP contribution >= 0.6 is 11.3 Å². The lowest BCUT2D eigenvalue weighted by molar-refractivity contribution is 0.0568. The third-order valence-corrected chi connectivity index (χ3v) is 5.00. The number of fused-ring (bicyclic) bond motifs is 1. The predicted molar refractivity (Wildman–Crippen MR) is 86.1 cm³/mol. The first kappa shape index (κ1) is 14.8. The Morgan fingerprint density at radius 1 is 1.26 bits per heavy atom. The van der Waals surface area contributed by atoms with Gasteiger partial charge in [-0.3, -0.25) is 4.79 Å². The monoisotopic (exact) mass is 332 g/mol. The highest BCUT2D eigenvalue weighted by Crippen LogP contribution is 2.29. The van der Waals surface area contributed by atoms with E-state index in [0.29, 0.717) is 25.4 Å². The molecule has 1 amide bonds. The number of rotatable bonds is 5. The molecular formula is C16H20N4O2S. The second-order valence-electron chi connectivity index (χ2n) is 6.40. The Kier molecular flexibility index (Phi) is 4.13. The van der Waals surface area contributed by atoms with Crippen LogP contribution in [0.15, 0.2) is 23.3 Å². The molecule has 4 rings (SSSR count). The van der Waals surface area contributed by atoms with Gasteiger partial charge in [0, 0.05) is 43.4 Å². The van der Waals surface area contributed by atoms with Gasteiger partial charge in [0.25, 0.3) is 5.91 Å². The van der Waals surface area contributed by atoms with Crippen LogP contribution in [0.4, 0.5) is 0 Å². The molecule has 2 aliphatic rings. The van der Waals surface area contributed by atoms with E-state index in [4.69, 9.17) is 4.74 Å². The summed E-state index contributed by atoms with van der Waals surface area (Å²) in [6.07, 6.45) is 6.38. The number of carbonyl (C=O) groups excluding carboxylic acids is 1. The Bertz CT molecular complexity index is 665. The molecule has 6 nitrogen and oxygen atoms in total. The highest BCUT2D eigenvalue weighted by Gasteiger charge is 2.28. The van der Waals surface area contributed by atoms with Crippen molar-refractivity contribution >= 4 is 17.2 Å². The lowest BCUT2D eigenvalue weighted by Gasteiger charge is -2.23. The highest BCUT2D eigenvalue weighted by atomic mass is 32.1. The number of amides is 1. The van der Waals surface area contributed by atoms with E-state index in [1.807, 2.05) is 11.1 Å². The fourth-order valence-electron chi connectivity index (χ4n) is 2.97. The molecule has 0 N–H and O–H groups in total. The fourth-order valence-corrected chi connectivity index (χ4v) is 3.49. The van der Waals surface area contributed by atoms with E-state index >= 15 is 0 Å². The Balaban J connectivity index is 1.48. The molecule has 2 aromatic heterocycles. The van der Waals surface area contributed by atoms with Gasteiger partial charge in [0.2, 0.25) is 0 Å². The molecule has 0 bridgehead atoms. The maximum atomic E-state index is 12.7. The summed E-state index contributed by atoms with van der Waals surface area (Å²) < 4.78 is 8.02. The largest absolute Gasteiger partial charge is 0.381 e. The number of aromatic nitrogens is 3. The minimum Gasteiger partial charge on any atom is -0.381 e. The van der Waals surface area contributed by atoms with Crippen molar-refractivity contribution in [3.63, 3.8) is 0 Å². The third kappa shape index (κ3) is 3.45. The SMILES string of the molecule is O=C(c1cscn1)N1Cc2nccn2C[C@H](COCC2CC2)C1. The summed E-state index contributed by atoms with van der Waals surface area (Å²) in [5, 5.41) is 1.80. The van der Waals surface area contributed by atoms with Crippen molar-refractivity contribution in [1.82, 2.24) is 19.4 Å². The van der Waals surface area contributed by atoms with E-state index in [-0.39, 0.29) is 11.8 Å². The average molecular weight is 332 g/mol. The van der Waals surface area contributed by atoms with Crippen LogP contribution in [0.25, 0.3) is 0 Å². The number of hydrogen-bond acceptors (Lipinski definition) is 5. The van der Waals surface area contributed by atoms with Crippen LogP contribution in [-0.4, -0.2) is 45.1 Å². The summed E-state index contributed by atoms with van der Waals surface area (Å²) in [6.45, 7) is 3.61. The Morgan fingerprint density at radius 2 is 2.13 bits per heavy atom. The molecule has 122 valence electrons. The van der Waals surface area contributed by atoms with Crippen LogP contribution in [0.1, 0.15) is 29.2 Å². The van der Waals surface area contributed by atoms with Crippen LogP contribution in [0.3, 0.4) is 0 Å². The molecule has 0 spiro atoms. The maximum absolute atomic E-state index is 12.7. The van der Waals surface area contributed by atoms with E-state index < -0.39 is 0 Å². The van der Waals surface area contributed by atoms with Crippen LogP contribution in [0.5, 0.6) is 0 Å². The molecule has 1 atom stereocenters. The minimum atomic E-state index is -0.0186. The molecular weight excluding hydrogens is 312 g/mol. The smallest absolute Gasteiger partial charge is 0.273 e. The van der Waals surface area contributed by atoms with Crippen molar-refractivity contribution in [3.8, 4) is 0 Å². The number of ether oxygens (including phenoxy) is 1. The van der Waals surface area contributed by atoms with Crippen molar-refractivity contribution in [3.05, 3.63) is 34.8 Å². The van der Waals surface area contributed by atoms with E-state index in [1.54, 1.807) is 17.1 Å². The first-order valence-electron chi connectivity index (χ1n) is 8.05. The van der Waals surface area contributed by atoms with Crippen molar-refractivity contribution in [2.45, 2.75) is 25.9 Å². The highest BCUT2D eigenvalue weighted by molar-refractivity contribution is 7.07. The van der Waals surface area contributed by atoms with Crippen LogP contribution in [0, 0.1) is 11.8 Å². The summed E-state index contributed by atoms with van der Waals surface area (Å²) in [5.41, 5.74) is 2.22. The molecule has 0 unspecified atom stereocenters. The first-order chi connectivity index (χ1) is 11.3. The topological polar surface area (TPSA) is 60.2 Å². The standard InChI is InChI=1S/C16H20N4O2S/c21-16(14-10-23-11-18-14)20-6-13(9-22-8-12-1-2-12)5-19-4-3-17-15(19)7-20/h3-4,10-13H,1-2,5-9H2/t13-/m0/s1. The van der Waals surface area contributed by atoms with Gasteiger partial charge in [-0.25, -0.2) is 9.97 Å². The normalized spacial score (nSPS) is 21.0. The molecule has 3 heterocycles. The summed E-state index contributed by atoms with van der Waals surface area (Å²) in [5.74, 6) is 1.96. The third-order valence-electron chi connectivity index (χ3n) is 4.41.